The van der Waals surface area contributed by atoms with Crippen LogP contribution in [0.1, 0.15) is 16.0 Å². The minimum atomic E-state index is -2.88. The molecule has 0 bridgehead atoms. The third-order valence-electron chi connectivity index (χ3n) is 4.43. The minimum absolute atomic E-state index is 0.0127. The summed E-state index contributed by atoms with van der Waals surface area (Å²) in [5.41, 5.74) is 1.78. The van der Waals surface area contributed by atoms with Crippen LogP contribution in [-0.2, 0) is 24.3 Å². The van der Waals surface area contributed by atoms with Crippen LogP contribution < -0.4 is 15.4 Å². The van der Waals surface area contributed by atoms with Crippen LogP contribution in [0.4, 0.5) is 8.78 Å². The molecule has 1 amide bonds. The first-order valence-electron chi connectivity index (χ1n) is 8.87. The highest BCUT2D eigenvalue weighted by atomic mass is 32.1. The molecule has 0 spiro atoms. The zero-order valence-electron chi connectivity index (χ0n) is 15.5. The predicted molar refractivity (Wildman–Crippen MR) is 105 cm³/mol. The molecule has 1 aliphatic heterocycles. The largest absolute Gasteiger partial charge is 0.434 e. The summed E-state index contributed by atoms with van der Waals surface area (Å²) in [6.45, 7) is -1.21. The summed E-state index contributed by atoms with van der Waals surface area (Å²) in [7, 11) is 1.58. The molecule has 0 aliphatic carbocycles. The highest BCUT2D eigenvalue weighted by Crippen LogP contribution is 2.24. The van der Waals surface area contributed by atoms with Gasteiger partial charge in [-0.05, 0) is 29.5 Å². The van der Waals surface area contributed by atoms with Crippen molar-refractivity contribution in [1.82, 2.24) is 15.5 Å². The van der Waals surface area contributed by atoms with Gasteiger partial charge in [0.15, 0.2) is 5.96 Å². The molecule has 28 heavy (non-hydrogen) atoms. The second-order valence-electron chi connectivity index (χ2n) is 6.20. The number of rotatable bonds is 6. The number of para-hydroxylation sites is 1. The molecule has 0 fully saturated rings. The molecule has 6 nitrogen and oxygen atoms in total. The number of hydrogen-bond acceptors (Lipinski definition) is 4. The Morgan fingerprint density at radius 2 is 2.14 bits per heavy atom. The van der Waals surface area contributed by atoms with Gasteiger partial charge in [-0.2, -0.15) is 8.78 Å². The number of halogens is 2. The van der Waals surface area contributed by atoms with Gasteiger partial charge in [0.2, 0.25) is 5.91 Å². The Morgan fingerprint density at radius 1 is 1.32 bits per heavy atom. The van der Waals surface area contributed by atoms with Gasteiger partial charge < -0.3 is 20.3 Å². The molecule has 150 valence electrons. The van der Waals surface area contributed by atoms with Crippen LogP contribution in [0.15, 0.2) is 40.7 Å². The Balaban J connectivity index is 1.50. The molecule has 0 unspecified atom stereocenters. The monoisotopic (exact) mass is 408 g/mol. The van der Waals surface area contributed by atoms with E-state index in [1.165, 1.54) is 16.5 Å². The molecule has 0 saturated heterocycles. The topological polar surface area (TPSA) is 66.0 Å². The SMILES string of the molecule is CN=C(NCC(=O)N1CCc2sccc2C1)NCc1ccccc1OC(F)F. The number of ether oxygens (including phenoxy) is 1. The Bertz CT molecular complexity index is 841. The number of aliphatic imine (C=N–C) groups is 1. The molecule has 2 aromatic rings. The number of fused-ring (bicyclic) bond motifs is 1. The maximum absolute atomic E-state index is 12.5. The van der Waals surface area contributed by atoms with Crippen molar-refractivity contribution < 1.29 is 18.3 Å². The van der Waals surface area contributed by atoms with E-state index in [9.17, 15) is 13.6 Å². The molecule has 1 aliphatic rings. The van der Waals surface area contributed by atoms with E-state index in [2.05, 4.69) is 31.8 Å². The predicted octanol–water partition coefficient (Wildman–Crippen LogP) is 2.60. The quantitative estimate of drug-likeness (QED) is 0.570. The van der Waals surface area contributed by atoms with Crippen molar-refractivity contribution >= 4 is 23.2 Å². The van der Waals surface area contributed by atoms with E-state index in [0.29, 0.717) is 24.6 Å². The van der Waals surface area contributed by atoms with Gasteiger partial charge in [-0.3, -0.25) is 9.79 Å². The lowest BCUT2D eigenvalue weighted by Crippen LogP contribution is -2.45. The number of thiophene rings is 1. The van der Waals surface area contributed by atoms with E-state index in [4.69, 9.17) is 0 Å². The van der Waals surface area contributed by atoms with Gasteiger partial charge in [-0.15, -0.1) is 11.3 Å². The lowest BCUT2D eigenvalue weighted by atomic mass is 10.1. The van der Waals surface area contributed by atoms with Crippen molar-refractivity contribution in [2.75, 3.05) is 20.1 Å². The maximum Gasteiger partial charge on any atom is 0.387 e. The van der Waals surface area contributed by atoms with E-state index in [1.807, 2.05) is 4.90 Å². The standard InChI is InChI=1S/C19H22F2N4O2S/c1-22-19(23-10-13-4-2-3-5-15(13)27-18(20)21)24-11-17(26)25-8-6-16-14(12-25)7-9-28-16/h2-5,7,9,18H,6,8,10-12H2,1H3,(H2,22,23,24). The molecule has 0 atom stereocenters. The van der Waals surface area contributed by atoms with Gasteiger partial charge in [0.05, 0.1) is 6.54 Å². The molecule has 2 heterocycles. The van der Waals surface area contributed by atoms with Gasteiger partial charge in [0.1, 0.15) is 5.75 Å². The fraction of sp³-hybridized carbons (Fsp3) is 0.368. The summed E-state index contributed by atoms with van der Waals surface area (Å²) in [6.07, 6.45) is 0.882. The van der Waals surface area contributed by atoms with Crippen LogP contribution in [0, 0.1) is 0 Å². The molecular weight excluding hydrogens is 386 g/mol. The van der Waals surface area contributed by atoms with Crippen molar-refractivity contribution in [3.8, 4) is 5.75 Å². The van der Waals surface area contributed by atoms with E-state index in [0.717, 1.165) is 6.42 Å². The summed E-state index contributed by atoms with van der Waals surface area (Å²) in [4.78, 5) is 19.7. The third kappa shape index (κ3) is 5.19. The van der Waals surface area contributed by atoms with Crippen molar-refractivity contribution in [3.63, 3.8) is 0 Å². The number of benzene rings is 1. The Labute approximate surface area is 166 Å². The normalized spacial score (nSPS) is 14.0. The van der Waals surface area contributed by atoms with Crippen molar-refractivity contribution in [3.05, 3.63) is 51.7 Å². The Hall–Kier alpha value is -2.68. The van der Waals surface area contributed by atoms with E-state index in [1.54, 1.807) is 36.6 Å². The van der Waals surface area contributed by atoms with Gasteiger partial charge in [-0.25, -0.2) is 0 Å². The number of alkyl halides is 2. The first-order chi connectivity index (χ1) is 13.6. The lowest BCUT2D eigenvalue weighted by Gasteiger charge is -2.27. The fourth-order valence-corrected chi connectivity index (χ4v) is 3.88. The summed E-state index contributed by atoms with van der Waals surface area (Å²) in [6, 6.07) is 8.61. The molecule has 0 saturated carbocycles. The van der Waals surface area contributed by atoms with Crippen LogP contribution in [0.3, 0.4) is 0 Å². The zero-order chi connectivity index (χ0) is 19.9. The molecule has 3 rings (SSSR count). The van der Waals surface area contributed by atoms with Crippen LogP contribution >= 0.6 is 11.3 Å². The van der Waals surface area contributed by atoms with Crippen molar-refractivity contribution in [2.24, 2.45) is 4.99 Å². The van der Waals surface area contributed by atoms with Gasteiger partial charge in [0, 0.05) is 37.1 Å². The van der Waals surface area contributed by atoms with Crippen LogP contribution in [-0.4, -0.2) is 43.5 Å². The Morgan fingerprint density at radius 3 is 2.93 bits per heavy atom. The lowest BCUT2D eigenvalue weighted by molar-refractivity contribution is -0.130. The number of nitrogens with one attached hydrogen (secondary N) is 2. The van der Waals surface area contributed by atoms with Crippen LogP contribution in [0.25, 0.3) is 0 Å². The number of hydrogen-bond donors (Lipinski definition) is 2. The van der Waals surface area contributed by atoms with Crippen LogP contribution in [0.5, 0.6) is 5.75 Å². The molecule has 1 aromatic carbocycles. The maximum atomic E-state index is 12.5. The second kappa shape index (κ2) is 9.50. The number of amides is 1. The molecular formula is C19H22F2N4O2S. The van der Waals surface area contributed by atoms with Gasteiger partial charge >= 0.3 is 6.61 Å². The zero-order valence-corrected chi connectivity index (χ0v) is 16.3. The molecule has 1 aromatic heterocycles. The highest BCUT2D eigenvalue weighted by molar-refractivity contribution is 7.10. The first kappa shape index (κ1) is 20.1. The molecule has 2 N–H and O–H groups in total. The second-order valence-corrected chi connectivity index (χ2v) is 7.20. The van der Waals surface area contributed by atoms with Crippen LogP contribution in [0.2, 0.25) is 0 Å². The third-order valence-corrected chi connectivity index (χ3v) is 5.45. The molecule has 9 heteroatoms. The number of carbonyl (C=O) groups excluding carboxylic acids is 1. The average Bonchev–Trinajstić information content (AvgIpc) is 3.16. The first-order valence-corrected chi connectivity index (χ1v) is 9.75. The highest BCUT2D eigenvalue weighted by Gasteiger charge is 2.21. The summed E-state index contributed by atoms with van der Waals surface area (Å²) < 4.78 is 29.5. The summed E-state index contributed by atoms with van der Waals surface area (Å²) in [5.74, 6) is 0.506. The number of nitrogens with zero attached hydrogens (tertiary/aromatic N) is 2. The van der Waals surface area contributed by atoms with E-state index >= 15 is 0 Å². The van der Waals surface area contributed by atoms with Crippen molar-refractivity contribution in [1.29, 1.82) is 0 Å². The summed E-state index contributed by atoms with van der Waals surface area (Å²) in [5, 5.41) is 8.04. The van der Waals surface area contributed by atoms with E-state index in [-0.39, 0.29) is 24.7 Å². The number of guanidine groups is 1. The average molecular weight is 408 g/mol. The van der Waals surface area contributed by atoms with Gasteiger partial charge in [0.25, 0.3) is 0 Å². The number of carbonyl (C=O) groups is 1. The smallest absolute Gasteiger partial charge is 0.387 e. The summed E-state index contributed by atoms with van der Waals surface area (Å²) >= 11 is 1.73. The minimum Gasteiger partial charge on any atom is -0.434 e. The van der Waals surface area contributed by atoms with Gasteiger partial charge in [-0.1, -0.05) is 18.2 Å². The van der Waals surface area contributed by atoms with Crippen molar-refractivity contribution in [2.45, 2.75) is 26.1 Å². The van der Waals surface area contributed by atoms with E-state index < -0.39 is 6.61 Å². The Kier molecular flexibility index (Phi) is 6.80. The fourth-order valence-electron chi connectivity index (χ4n) is 2.99. The molecule has 0 radical (unpaired) electrons.